The van der Waals surface area contributed by atoms with Gasteiger partial charge in [-0.25, -0.2) is 12.7 Å². The Morgan fingerprint density at radius 2 is 2.12 bits per heavy atom. The highest BCUT2D eigenvalue weighted by atomic mass is 32.2. The summed E-state index contributed by atoms with van der Waals surface area (Å²) < 4.78 is 30.8. The summed E-state index contributed by atoms with van der Waals surface area (Å²) in [6, 6.07) is 6.49. The van der Waals surface area contributed by atoms with Crippen molar-refractivity contribution in [3.8, 4) is 11.4 Å². The van der Waals surface area contributed by atoms with E-state index in [1.54, 1.807) is 24.3 Å². The number of carbonyl (C=O) groups excluding carboxylic acids is 1. The predicted molar refractivity (Wildman–Crippen MR) is 92.7 cm³/mol. The van der Waals surface area contributed by atoms with Gasteiger partial charge < -0.3 is 10.1 Å². The first-order valence-electron chi connectivity index (χ1n) is 8.00. The maximum atomic E-state index is 12.7. The lowest BCUT2D eigenvalue weighted by Gasteiger charge is -2.21. The monoisotopic (exact) mass is 380 g/mol. The van der Waals surface area contributed by atoms with Crippen LogP contribution in [0.1, 0.15) is 10.4 Å². The molecule has 3 rings (SSSR count). The lowest BCUT2D eigenvalue weighted by atomic mass is 10.0. The fourth-order valence-electron chi connectivity index (χ4n) is 2.74. The summed E-state index contributed by atoms with van der Waals surface area (Å²) in [7, 11) is -0.417. The number of hydrogen-bond donors (Lipinski definition) is 2. The van der Waals surface area contributed by atoms with Crippen LogP contribution in [-0.4, -0.2) is 78.4 Å². The van der Waals surface area contributed by atoms with Crippen molar-refractivity contribution in [1.82, 2.24) is 30.2 Å². The van der Waals surface area contributed by atoms with Crippen molar-refractivity contribution in [2.24, 2.45) is 5.92 Å². The van der Waals surface area contributed by atoms with Crippen LogP contribution >= 0.6 is 0 Å². The zero-order valence-electron chi connectivity index (χ0n) is 14.4. The maximum absolute atomic E-state index is 12.7. The zero-order valence-corrected chi connectivity index (χ0v) is 15.2. The summed E-state index contributed by atoms with van der Waals surface area (Å²) in [6.07, 6.45) is 0. The van der Waals surface area contributed by atoms with Crippen molar-refractivity contribution < 1.29 is 17.9 Å². The fraction of sp³-hybridized carbons (Fsp3) is 0.467. The number of tetrazole rings is 1. The van der Waals surface area contributed by atoms with Gasteiger partial charge in [0.2, 0.25) is 15.8 Å². The molecule has 1 aromatic heterocycles. The molecule has 11 heteroatoms. The van der Waals surface area contributed by atoms with Crippen molar-refractivity contribution in [3.63, 3.8) is 0 Å². The van der Waals surface area contributed by atoms with Gasteiger partial charge in [0, 0.05) is 25.6 Å². The quantitative estimate of drug-likeness (QED) is 0.691. The summed E-state index contributed by atoms with van der Waals surface area (Å²) >= 11 is 0. The Hall–Kier alpha value is -2.37. The molecule has 2 aromatic rings. The van der Waals surface area contributed by atoms with Gasteiger partial charge in [0.1, 0.15) is 0 Å². The van der Waals surface area contributed by atoms with E-state index in [1.807, 2.05) is 0 Å². The molecule has 0 saturated carbocycles. The largest absolute Gasteiger partial charge is 0.379 e. The highest BCUT2D eigenvalue weighted by Crippen LogP contribution is 2.21. The summed E-state index contributed by atoms with van der Waals surface area (Å²) in [4.78, 5) is 12.7. The van der Waals surface area contributed by atoms with E-state index >= 15 is 0 Å². The van der Waals surface area contributed by atoms with Crippen molar-refractivity contribution in [2.45, 2.75) is 6.04 Å². The Kier molecular flexibility index (Phi) is 5.30. The Morgan fingerprint density at radius 3 is 2.81 bits per heavy atom. The number of hydrogen-bond acceptors (Lipinski definition) is 7. The second kappa shape index (κ2) is 7.48. The summed E-state index contributed by atoms with van der Waals surface area (Å²) in [5.41, 5.74) is 0.921. The molecule has 2 N–H and O–H groups in total. The van der Waals surface area contributed by atoms with Gasteiger partial charge in [-0.15, -0.1) is 10.2 Å². The molecule has 140 valence electrons. The number of carbonyl (C=O) groups is 1. The number of benzene rings is 1. The Labute approximate surface area is 151 Å². The topological polar surface area (TPSA) is 130 Å². The third kappa shape index (κ3) is 3.89. The van der Waals surface area contributed by atoms with Crippen LogP contribution in [0.15, 0.2) is 24.3 Å². The average molecular weight is 380 g/mol. The molecule has 2 atom stereocenters. The fourth-order valence-corrected chi connectivity index (χ4v) is 3.91. The van der Waals surface area contributed by atoms with Gasteiger partial charge in [-0.1, -0.05) is 18.2 Å². The van der Waals surface area contributed by atoms with Crippen LogP contribution in [0.3, 0.4) is 0 Å². The van der Waals surface area contributed by atoms with Gasteiger partial charge >= 0.3 is 0 Å². The van der Waals surface area contributed by atoms with Gasteiger partial charge in [0.15, 0.2) is 0 Å². The number of aromatic nitrogens is 4. The van der Waals surface area contributed by atoms with Crippen LogP contribution in [0.5, 0.6) is 0 Å². The molecule has 1 aliphatic heterocycles. The Morgan fingerprint density at radius 1 is 1.35 bits per heavy atom. The molecule has 1 fully saturated rings. The number of amides is 1. The Balaban J connectivity index is 1.76. The molecule has 1 amide bonds. The van der Waals surface area contributed by atoms with Crippen LogP contribution in [-0.2, 0) is 14.8 Å². The molecule has 0 bridgehead atoms. The minimum absolute atomic E-state index is 0.0859. The van der Waals surface area contributed by atoms with Gasteiger partial charge in [-0.3, -0.25) is 4.79 Å². The first-order valence-corrected chi connectivity index (χ1v) is 9.61. The molecular weight excluding hydrogens is 360 g/mol. The third-order valence-corrected chi connectivity index (χ3v) is 6.22. The highest BCUT2D eigenvalue weighted by Gasteiger charge is 2.34. The minimum atomic E-state index is -3.39. The van der Waals surface area contributed by atoms with E-state index in [0.717, 1.165) is 0 Å². The lowest BCUT2D eigenvalue weighted by molar-refractivity contribution is 0.0926. The molecule has 0 spiro atoms. The third-order valence-electron chi connectivity index (χ3n) is 4.25. The van der Waals surface area contributed by atoms with Crippen molar-refractivity contribution in [1.29, 1.82) is 0 Å². The van der Waals surface area contributed by atoms with Gasteiger partial charge in [-0.05, 0) is 11.3 Å². The molecule has 26 heavy (non-hydrogen) atoms. The van der Waals surface area contributed by atoms with Gasteiger partial charge in [0.25, 0.3) is 5.91 Å². The molecule has 0 radical (unpaired) electrons. The molecule has 2 heterocycles. The van der Waals surface area contributed by atoms with Crippen LogP contribution in [0, 0.1) is 5.92 Å². The normalized spacial score (nSPS) is 20.4. The Bertz CT molecular complexity index is 868. The van der Waals surface area contributed by atoms with E-state index in [1.165, 1.54) is 18.4 Å². The molecule has 1 saturated heterocycles. The van der Waals surface area contributed by atoms with Crippen LogP contribution in [0.25, 0.3) is 11.4 Å². The number of nitrogens with zero attached hydrogens (tertiary/aromatic N) is 4. The second-order valence-corrected chi connectivity index (χ2v) is 8.45. The number of sulfonamides is 1. The average Bonchev–Trinajstić information content (AvgIpc) is 3.27. The molecule has 1 aliphatic rings. The molecule has 1 aromatic carbocycles. The van der Waals surface area contributed by atoms with E-state index < -0.39 is 16.1 Å². The first kappa shape index (κ1) is 18.4. The highest BCUT2D eigenvalue weighted by molar-refractivity contribution is 7.89. The van der Waals surface area contributed by atoms with E-state index in [4.69, 9.17) is 4.74 Å². The van der Waals surface area contributed by atoms with Crippen molar-refractivity contribution in [3.05, 3.63) is 29.8 Å². The number of nitrogens with one attached hydrogen (secondary N) is 2. The minimum Gasteiger partial charge on any atom is -0.379 e. The number of ether oxygens (including phenoxy) is 1. The van der Waals surface area contributed by atoms with E-state index in [9.17, 15) is 13.2 Å². The predicted octanol–water partition coefficient (Wildman–Crippen LogP) is -0.497. The zero-order chi connectivity index (χ0) is 18.7. The maximum Gasteiger partial charge on any atom is 0.252 e. The van der Waals surface area contributed by atoms with Gasteiger partial charge in [-0.2, -0.15) is 5.21 Å². The smallest absolute Gasteiger partial charge is 0.252 e. The molecular formula is C15H20N6O4S. The van der Waals surface area contributed by atoms with Crippen molar-refractivity contribution >= 4 is 15.9 Å². The lowest BCUT2D eigenvalue weighted by Crippen LogP contribution is -2.43. The standard InChI is InChI=1S/C15H20N6O4S/c1-21(2)26(23,24)9-10-7-25-8-13(10)16-15(22)12-6-4-3-5-11(12)14-17-19-20-18-14/h3-6,10,13H,7-9H2,1-2H3,(H,16,22)(H,17,18,19,20)/t10-,13-/m0/s1. The molecule has 10 nitrogen and oxygen atoms in total. The number of rotatable bonds is 6. The molecule has 0 aliphatic carbocycles. The summed E-state index contributed by atoms with van der Waals surface area (Å²) in [5, 5.41) is 16.6. The summed E-state index contributed by atoms with van der Waals surface area (Å²) in [5.74, 6) is -0.431. The number of H-pyrrole nitrogens is 1. The van der Waals surface area contributed by atoms with Crippen LogP contribution < -0.4 is 5.32 Å². The number of aromatic amines is 1. The van der Waals surface area contributed by atoms with Crippen LogP contribution in [0.4, 0.5) is 0 Å². The van der Waals surface area contributed by atoms with Crippen LogP contribution in [0.2, 0.25) is 0 Å². The van der Waals surface area contributed by atoms with E-state index in [0.29, 0.717) is 17.0 Å². The second-order valence-electron chi connectivity index (χ2n) is 6.22. The van der Waals surface area contributed by atoms with E-state index in [2.05, 4.69) is 25.9 Å². The first-order chi connectivity index (χ1) is 12.4. The van der Waals surface area contributed by atoms with E-state index in [-0.39, 0.29) is 30.8 Å². The molecule has 0 unspecified atom stereocenters. The summed E-state index contributed by atoms with van der Waals surface area (Å²) in [6.45, 7) is 0.550. The SMILES string of the molecule is CN(C)S(=O)(=O)C[C@@H]1COC[C@@H]1NC(=O)c1ccccc1-c1nn[nH]n1. The van der Waals surface area contributed by atoms with Crippen molar-refractivity contribution in [2.75, 3.05) is 33.1 Å². The van der Waals surface area contributed by atoms with Gasteiger partial charge in [0.05, 0.1) is 30.6 Å².